The number of aromatic amines is 1. The second-order valence-electron chi connectivity index (χ2n) is 4.92. The molecule has 0 aliphatic rings. The fourth-order valence-electron chi connectivity index (χ4n) is 2.29. The van der Waals surface area contributed by atoms with Crippen molar-refractivity contribution in [3.05, 3.63) is 63.5 Å². The van der Waals surface area contributed by atoms with Gasteiger partial charge in [-0.15, -0.1) is 0 Å². The topological polar surface area (TPSA) is 50.9 Å². The molecule has 0 aliphatic carbocycles. The summed E-state index contributed by atoms with van der Waals surface area (Å²) in [5, 5.41) is 0.680. The fourth-order valence-corrected chi connectivity index (χ4v) is 3.42. The summed E-state index contributed by atoms with van der Waals surface area (Å²) in [6, 6.07) is 11.3. The third-order valence-electron chi connectivity index (χ3n) is 3.38. The lowest BCUT2D eigenvalue weighted by Crippen LogP contribution is -2.22. The van der Waals surface area contributed by atoms with Crippen molar-refractivity contribution in [1.82, 2.24) is 9.55 Å². The Morgan fingerprint density at radius 2 is 2.09 bits per heavy atom. The number of hydrogen-bond donors (Lipinski definition) is 1. The number of rotatable bonds is 6. The van der Waals surface area contributed by atoms with Crippen molar-refractivity contribution in [2.45, 2.75) is 18.7 Å². The van der Waals surface area contributed by atoms with Crippen LogP contribution in [-0.2, 0) is 12.3 Å². The minimum absolute atomic E-state index is 0.0182. The molecule has 0 aliphatic heterocycles. The molecule has 0 saturated carbocycles. The Kier molecular flexibility index (Phi) is 4.80. The van der Waals surface area contributed by atoms with E-state index < -0.39 is 0 Å². The first kappa shape index (κ1) is 15.1. The van der Waals surface area contributed by atoms with E-state index in [-0.39, 0.29) is 5.56 Å². The molecule has 1 aromatic carbocycles. The number of thioether (sulfide) groups is 1. The van der Waals surface area contributed by atoms with E-state index in [0.717, 1.165) is 29.2 Å². The van der Waals surface area contributed by atoms with E-state index in [1.54, 1.807) is 22.6 Å². The largest absolute Gasteiger partial charge is 0.468 e. The normalized spacial score (nSPS) is 11.1. The Morgan fingerprint density at radius 3 is 2.91 bits per heavy atom. The van der Waals surface area contributed by atoms with Gasteiger partial charge in [0.25, 0.3) is 5.56 Å². The second-order valence-corrected chi connectivity index (χ2v) is 6.41. The molecule has 4 nitrogen and oxygen atoms in total. The van der Waals surface area contributed by atoms with Gasteiger partial charge in [0, 0.05) is 6.54 Å². The van der Waals surface area contributed by atoms with E-state index in [4.69, 9.17) is 16.6 Å². The van der Waals surface area contributed by atoms with Crippen molar-refractivity contribution in [1.29, 1.82) is 0 Å². The van der Waals surface area contributed by atoms with Gasteiger partial charge in [0.2, 0.25) is 0 Å². The van der Waals surface area contributed by atoms with Crippen LogP contribution in [0.25, 0.3) is 10.9 Å². The van der Waals surface area contributed by atoms with E-state index in [2.05, 4.69) is 4.98 Å². The Labute approximate surface area is 137 Å². The zero-order valence-corrected chi connectivity index (χ0v) is 13.6. The maximum Gasteiger partial charge on any atom is 0.262 e. The van der Waals surface area contributed by atoms with Crippen LogP contribution in [0.3, 0.4) is 0 Å². The van der Waals surface area contributed by atoms with Crippen LogP contribution in [0.15, 0.2) is 51.9 Å². The molecule has 1 N–H and O–H groups in total. The molecule has 2 heterocycles. The van der Waals surface area contributed by atoms with Gasteiger partial charge in [-0.05, 0) is 48.7 Å². The molecule has 114 valence electrons. The summed E-state index contributed by atoms with van der Waals surface area (Å²) < 4.78 is 7.42. The lowest BCUT2D eigenvalue weighted by Gasteiger charge is -2.07. The van der Waals surface area contributed by atoms with Gasteiger partial charge in [-0.3, -0.25) is 9.36 Å². The Balaban J connectivity index is 1.64. The van der Waals surface area contributed by atoms with Crippen LogP contribution in [0.5, 0.6) is 0 Å². The number of H-pyrrole nitrogens is 1. The van der Waals surface area contributed by atoms with Gasteiger partial charge >= 0.3 is 0 Å². The fraction of sp³-hybridized carbons (Fsp3) is 0.250. The Hall–Kier alpha value is -1.79. The molecule has 0 amide bonds. The lowest BCUT2D eigenvalue weighted by atomic mass is 10.2. The maximum atomic E-state index is 12.5. The summed E-state index contributed by atoms with van der Waals surface area (Å²) in [5.41, 5.74) is 0.774. The number of hydrogen-bond acceptors (Lipinski definition) is 4. The molecular weight excluding hydrogens is 316 g/mol. The maximum absolute atomic E-state index is 12.5. The number of nitrogens with zero attached hydrogens (tertiary/aromatic N) is 1. The van der Waals surface area contributed by atoms with Crippen LogP contribution >= 0.6 is 24.0 Å². The van der Waals surface area contributed by atoms with Gasteiger partial charge in [0.05, 0.1) is 22.9 Å². The summed E-state index contributed by atoms with van der Waals surface area (Å²) >= 11 is 7.09. The third kappa shape index (κ3) is 3.34. The zero-order chi connectivity index (χ0) is 15.4. The first-order chi connectivity index (χ1) is 10.8. The highest BCUT2D eigenvalue weighted by Crippen LogP contribution is 2.13. The standard InChI is InChI=1S/C16H16N2O2S2/c19-15-13-6-1-2-7-14(13)17-16(21)18(15)8-4-10-22-11-12-5-3-9-20-12/h1-3,5-7,9H,4,8,10-11H2,(H,17,21). The van der Waals surface area contributed by atoms with Crippen LogP contribution in [0, 0.1) is 4.77 Å². The summed E-state index contributed by atoms with van der Waals surface area (Å²) in [4.78, 5) is 15.6. The molecule has 3 aromatic rings. The average molecular weight is 332 g/mol. The second kappa shape index (κ2) is 6.98. The summed E-state index contributed by atoms with van der Waals surface area (Å²) in [5.74, 6) is 2.78. The van der Waals surface area contributed by atoms with E-state index in [1.807, 2.05) is 36.4 Å². The van der Waals surface area contributed by atoms with Crippen LogP contribution < -0.4 is 5.56 Å². The van der Waals surface area contributed by atoms with Crippen molar-refractivity contribution < 1.29 is 4.42 Å². The molecule has 0 atom stereocenters. The van der Waals surface area contributed by atoms with E-state index in [1.165, 1.54) is 0 Å². The highest BCUT2D eigenvalue weighted by molar-refractivity contribution is 7.98. The average Bonchev–Trinajstić information content (AvgIpc) is 3.03. The zero-order valence-electron chi connectivity index (χ0n) is 12.0. The van der Waals surface area contributed by atoms with E-state index >= 15 is 0 Å². The minimum atomic E-state index is -0.0182. The SMILES string of the molecule is O=c1c2ccccc2[nH]c(=S)n1CCCSCc1ccco1. The van der Waals surface area contributed by atoms with Gasteiger partial charge < -0.3 is 9.40 Å². The monoisotopic (exact) mass is 332 g/mol. The highest BCUT2D eigenvalue weighted by atomic mass is 32.2. The van der Waals surface area contributed by atoms with Gasteiger partial charge in [-0.25, -0.2) is 0 Å². The molecule has 6 heteroatoms. The molecule has 22 heavy (non-hydrogen) atoms. The lowest BCUT2D eigenvalue weighted by molar-refractivity contribution is 0.530. The molecule has 0 fully saturated rings. The molecule has 2 aromatic heterocycles. The Morgan fingerprint density at radius 1 is 1.23 bits per heavy atom. The molecule has 0 spiro atoms. The number of benzene rings is 1. The first-order valence-electron chi connectivity index (χ1n) is 7.08. The van der Waals surface area contributed by atoms with Gasteiger partial charge in [0.1, 0.15) is 5.76 Å². The van der Waals surface area contributed by atoms with Crippen molar-refractivity contribution in [2.24, 2.45) is 0 Å². The molecule has 0 bridgehead atoms. The quantitative estimate of drug-likeness (QED) is 0.548. The van der Waals surface area contributed by atoms with Crippen molar-refractivity contribution >= 4 is 34.9 Å². The smallest absolute Gasteiger partial charge is 0.262 e. The highest BCUT2D eigenvalue weighted by Gasteiger charge is 2.05. The predicted molar refractivity (Wildman–Crippen MR) is 92.9 cm³/mol. The first-order valence-corrected chi connectivity index (χ1v) is 8.64. The number of furan rings is 1. The van der Waals surface area contributed by atoms with E-state index in [9.17, 15) is 4.79 Å². The molecular formula is C16H16N2O2S2. The molecule has 0 saturated heterocycles. The number of fused-ring (bicyclic) bond motifs is 1. The van der Waals surface area contributed by atoms with Crippen LogP contribution in [0.2, 0.25) is 0 Å². The van der Waals surface area contributed by atoms with E-state index in [0.29, 0.717) is 16.7 Å². The molecule has 0 radical (unpaired) electrons. The Bertz CT molecular complexity index is 866. The molecule has 3 rings (SSSR count). The van der Waals surface area contributed by atoms with Crippen LogP contribution in [0.4, 0.5) is 0 Å². The third-order valence-corrected chi connectivity index (χ3v) is 4.77. The van der Waals surface area contributed by atoms with Gasteiger partial charge in [-0.2, -0.15) is 11.8 Å². The predicted octanol–water partition coefficient (Wildman–Crippen LogP) is 3.98. The van der Waals surface area contributed by atoms with Crippen molar-refractivity contribution in [2.75, 3.05) is 5.75 Å². The van der Waals surface area contributed by atoms with Crippen LogP contribution in [-0.4, -0.2) is 15.3 Å². The van der Waals surface area contributed by atoms with Crippen molar-refractivity contribution in [3.8, 4) is 0 Å². The van der Waals surface area contributed by atoms with Gasteiger partial charge in [-0.1, -0.05) is 12.1 Å². The summed E-state index contributed by atoms with van der Waals surface area (Å²) in [7, 11) is 0. The number of aromatic nitrogens is 2. The van der Waals surface area contributed by atoms with Crippen molar-refractivity contribution in [3.63, 3.8) is 0 Å². The minimum Gasteiger partial charge on any atom is -0.468 e. The summed E-state index contributed by atoms with van der Waals surface area (Å²) in [6.07, 6.45) is 2.57. The summed E-state index contributed by atoms with van der Waals surface area (Å²) in [6.45, 7) is 0.629. The number of nitrogens with one attached hydrogen (secondary N) is 1. The van der Waals surface area contributed by atoms with Crippen LogP contribution in [0.1, 0.15) is 12.2 Å². The van der Waals surface area contributed by atoms with Gasteiger partial charge in [0.15, 0.2) is 4.77 Å². The number of para-hydroxylation sites is 1. The molecule has 0 unspecified atom stereocenters.